The number of para-hydroxylation sites is 2. The maximum atomic E-state index is 12.6. The van der Waals surface area contributed by atoms with Crippen LogP contribution in [0.2, 0.25) is 0 Å². The van der Waals surface area contributed by atoms with Gasteiger partial charge in [0.1, 0.15) is 0 Å². The van der Waals surface area contributed by atoms with Crippen LogP contribution >= 0.6 is 17.0 Å². The van der Waals surface area contributed by atoms with E-state index in [9.17, 15) is 14.9 Å². The fourth-order valence-electron chi connectivity index (χ4n) is 2.54. The van der Waals surface area contributed by atoms with E-state index in [1.54, 1.807) is 4.57 Å². The number of fused-ring (bicyclic) bond motifs is 1. The average molecular weight is 421 g/mol. The number of Topliss-reactive ketones (excluding diaryl/α,β-unsaturated/α-hetero) is 1. The highest BCUT2D eigenvalue weighted by atomic mass is 79.9. The highest BCUT2D eigenvalue weighted by Crippen LogP contribution is 2.21. The van der Waals surface area contributed by atoms with Crippen molar-refractivity contribution in [1.29, 1.82) is 0 Å². The first-order valence-corrected chi connectivity index (χ1v) is 7.68. The summed E-state index contributed by atoms with van der Waals surface area (Å²) in [5.41, 5.74) is 1.85. The molecule has 0 aliphatic heterocycles. The monoisotopic (exact) mass is 420 g/mol. The molecule has 1 heterocycles. The molecule has 0 aliphatic rings. The molecule has 0 aliphatic carbocycles. The van der Waals surface area contributed by atoms with Gasteiger partial charge in [0.15, 0.2) is 5.78 Å². The molecule has 3 aromatic rings. The quantitative estimate of drug-likeness (QED) is 0.345. The number of aromatic nitrogens is 2. The third-order valence-corrected chi connectivity index (χ3v) is 3.75. The molecule has 0 fully saturated rings. The van der Waals surface area contributed by atoms with Crippen LogP contribution in [0.25, 0.3) is 11.0 Å². The number of nitrogens with zero attached hydrogens (tertiary/aromatic N) is 3. The number of hydrogen-bond acceptors (Lipinski definition) is 6. The van der Waals surface area contributed by atoms with E-state index in [4.69, 9.17) is 5.11 Å². The molecule has 0 atom stereocenters. The van der Waals surface area contributed by atoms with Gasteiger partial charge in [-0.25, -0.2) is 4.98 Å². The van der Waals surface area contributed by atoms with Gasteiger partial charge < -0.3 is 15.0 Å². The topological polar surface area (TPSA) is 110 Å². The molecular formula is C17H17BrN4O4. The molecule has 0 amide bonds. The van der Waals surface area contributed by atoms with Crippen molar-refractivity contribution in [3.8, 4) is 0 Å². The predicted molar refractivity (Wildman–Crippen MR) is 103 cm³/mol. The van der Waals surface area contributed by atoms with Crippen molar-refractivity contribution in [3.05, 3.63) is 64.2 Å². The van der Waals surface area contributed by atoms with Crippen LogP contribution in [-0.2, 0) is 6.54 Å². The van der Waals surface area contributed by atoms with E-state index in [-0.39, 0.29) is 41.6 Å². The number of aliphatic hydroxyl groups is 1. The van der Waals surface area contributed by atoms with Crippen LogP contribution in [0.1, 0.15) is 10.4 Å². The van der Waals surface area contributed by atoms with E-state index in [1.807, 2.05) is 24.3 Å². The summed E-state index contributed by atoms with van der Waals surface area (Å²) >= 11 is 0. The molecule has 2 aromatic carbocycles. The molecule has 0 bridgehead atoms. The zero-order valence-corrected chi connectivity index (χ0v) is 15.4. The zero-order valence-electron chi connectivity index (χ0n) is 13.7. The fraction of sp³-hybridized carbons (Fsp3) is 0.176. The summed E-state index contributed by atoms with van der Waals surface area (Å²) < 4.78 is 1.73. The smallest absolute Gasteiger partial charge is 0.269 e. The maximum absolute atomic E-state index is 12.6. The summed E-state index contributed by atoms with van der Waals surface area (Å²) in [6.45, 7) is 0.292. The van der Waals surface area contributed by atoms with Crippen LogP contribution in [0.5, 0.6) is 0 Å². The number of carbonyl (C=O) groups excluding carboxylic acids is 1. The van der Waals surface area contributed by atoms with Gasteiger partial charge in [-0.05, 0) is 24.3 Å². The SMILES string of the molecule is Br.O=C(Cn1c(NCCO)nc2ccccc21)c1ccc([N+](=O)[O-])cc1. The minimum atomic E-state index is -0.505. The number of rotatable bonds is 7. The van der Waals surface area contributed by atoms with Crippen molar-refractivity contribution in [2.75, 3.05) is 18.5 Å². The second-order valence-corrected chi connectivity index (χ2v) is 5.39. The van der Waals surface area contributed by atoms with Gasteiger partial charge in [0.25, 0.3) is 5.69 Å². The summed E-state index contributed by atoms with van der Waals surface area (Å²) in [5, 5.41) is 22.7. The average Bonchev–Trinajstić information content (AvgIpc) is 2.97. The lowest BCUT2D eigenvalue weighted by Gasteiger charge is -2.09. The van der Waals surface area contributed by atoms with E-state index < -0.39 is 4.92 Å². The Morgan fingerprint density at radius 3 is 2.54 bits per heavy atom. The van der Waals surface area contributed by atoms with Crippen molar-refractivity contribution < 1.29 is 14.8 Å². The lowest BCUT2D eigenvalue weighted by molar-refractivity contribution is -0.384. The molecule has 0 spiro atoms. The van der Waals surface area contributed by atoms with Crippen LogP contribution in [0.15, 0.2) is 48.5 Å². The molecule has 0 radical (unpaired) electrons. The Morgan fingerprint density at radius 1 is 1.19 bits per heavy atom. The van der Waals surface area contributed by atoms with Gasteiger partial charge in [-0.15, -0.1) is 17.0 Å². The van der Waals surface area contributed by atoms with E-state index in [2.05, 4.69) is 10.3 Å². The number of anilines is 1. The van der Waals surface area contributed by atoms with Crippen molar-refractivity contribution in [3.63, 3.8) is 0 Å². The Hall–Kier alpha value is -2.78. The second-order valence-electron chi connectivity index (χ2n) is 5.39. The van der Waals surface area contributed by atoms with E-state index in [1.165, 1.54) is 24.3 Å². The molecule has 9 heteroatoms. The molecule has 8 nitrogen and oxygen atoms in total. The van der Waals surface area contributed by atoms with Gasteiger partial charge in [-0.1, -0.05) is 12.1 Å². The summed E-state index contributed by atoms with van der Waals surface area (Å²) in [4.78, 5) is 27.2. The molecule has 1 aromatic heterocycles. The second kappa shape index (κ2) is 8.54. The standard InChI is InChI=1S/C17H16N4O4.BrH/c22-10-9-18-17-19-14-3-1-2-4-15(14)20(17)11-16(23)12-5-7-13(8-6-12)21(24)25;/h1-8,22H,9-11H2,(H,18,19);1H. The molecule has 26 heavy (non-hydrogen) atoms. The van der Waals surface area contributed by atoms with Crippen LogP contribution in [-0.4, -0.2) is 38.5 Å². The Bertz CT molecular complexity index is 924. The highest BCUT2D eigenvalue weighted by molar-refractivity contribution is 8.93. The highest BCUT2D eigenvalue weighted by Gasteiger charge is 2.15. The van der Waals surface area contributed by atoms with Crippen molar-refractivity contribution >= 4 is 45.4 Å². The first-order valence-electron chi connectivity index (χ1n) is 7.68. The number of nitro benzene ring substituents is 1. The van der Waals surface area contributed by atoms with Crippen molar-refractivity contribution in [2.24, 2.45) is 0 Å². The summed E-state index contributed by atoms with van der Waals surface area (Å²) in [6, 6.07) is 12.9. The predicted octanol–water partition coefficient (Wildman–Crippen LogP) is 2.81. The number of nitro groups is 1. The van der Waals surface area contributed by atoms with Crippen LogP contribution in [0, 0.1) is 10.1 Å². The van der Waals surface area contributed by atoms with Crippen LogP contribution in [0.4, 0.5) is 11.6 Å². The number of ketones is 1. The van der Waals surface area contributed by atoms with Gasteiger partial charge in [-0.2, -0.15) is 0 Å². The minimum absolute atomic E-state index is 0. The van der Waals surface area contributed by atoms with Crippen molar-refractivity contribution in [2.45, 2.75) is 6.54 Å². The lowest BCUT2D eigenvalue weighted by atomic mass is 10.1. The first-order chi connectivity index (χ1) is 12.1. The molecule has 0 saturated carbocycles. The number of carbonyl (C=O) groups is 1. The minimum Gasteiger partial charge on any atom is -0.395 e. The van der Waals surface area contributed by atoms with E-state index >= 15 is 0 Å². The van der Waals surface area contributed by atoms with Crippen LogP contribution in [0.3, 0.4) is 0 Å². The lowest BCUT2D eigenvalue weighted by Crippen LogP contribution is -2.15. The zero-order chi connectivity index (χ0) is 17.8. The van der Waals surface area contributed by atoms with E-state index in [0.29, 0.717) is 18.1 Å². The largest absolute Gasteiger partial charge is 0.395 e. The van der Waals surface area contributed by atoms with Gasteiger partial charge in [0, 0.05) is 24.2 Å². The van der Waals surface area contributed by atoms with Crippen LogP contribution < -0.4 is 5.32 Å². The maximum Gasteiger partial charge on any atom is 0.269 e. The Labute approximate surface area is 159 Å². The van der Waals surface area contributed by atoms with Gasteiger partial charge in [-0.3, -0.25) is 14.9 Å². The van der Waals surface area contributed by atoms with E-state index in [0.717, 1.165) is 11.0 Å². The third kappa shape index (κ3) is 4.06. The molecule has 0 saturated heterocycles. The van der Waals surface area contributed by atoms with Gasteiger partial charge in [0.2, 0.25) is 5.95 Å². The number of halogens is 1. The number of nitrogens with one attached hydrogen (secondary N) is 1. The van der Waals surface area contributed by atoms with Gasteiger partial charge >= 0.3 is 0 Å². The molecule has 136 valence electrons. The Morgan fingerprint density at radius 2 is 1.88 bits per heavy atom. The summed E-state index contributed by atoms with van der Waals surface area (Å²) in [7, 11) is 0. The normalized spacial score (nSPS) is 10.3. The summed E-state index contributed by atoms with van der Waals surface area (Å²) in [5.74, 6) is 0.301. The molecule has 3 rings (SSSR count). The molecular weight excluding hydrogens is 404 g/mol. The number of benzene rings is 2. The number of imidazole rings is 1. The molecule has 0 unspecified atom stereocenters. The fourth-order valence-corrected chi connectivity index (χ4v) is 2.54. The third-order valence-electron chi connectivity index (χ3n) is 3.75. The van der Waals surface area contributed by atoms with Gasteiger partial charge in [0.05, 0.1) is 29.1 Å². The Balaban J connectivity index is 0.00000243. The first kappa shape index (κ1) is 19.5. The van der Waals surface area contributed by atoms with Crippen molar-refractivity contribution in [1.82, 2.24) is 9.55 Å². The number of aliphatic hydroxyl groups excluding tert-OH is 1. The number of non-ortho nitro benzene ring substituents is 1. The summed E-state index contributed by atoms with van der Waals surface area (Å²) in [6.07, 6.45) is 0. The molecule has 2 N–H and O–H groups in total. The number of hydrogen-bond donors (Lipinski definition) is 2. The Kier molecular flexibility index (Phi) is 6.42.